The molecule has 0 saturated carbocycles. The number of aryl methyl sites for hydroxylation is 1. The molecule has 0 aromatic carbocycles. The Balaban J connectivity index is 3.02. The fraction of sp³-hybridized carbons (Fsp3) is 0.455. The van der Waals surface area contributed by atoms with Crippen molar-refractivity contribution in [1.82, 2.24) is 4.98 Å². The number of hydrogen-bond donors (Lipinski definition) is 0. The molecule has 0 bridgehead atoms. The van der Waals surface area contributed by atoms with Gasteiger partial charge in [0, 0.05) is 16.4 Å². The molecule has 1 aromatic rings. The molecule has 1 aromatic heterocycles. The molecule has 0 aliphatic rings. The van der Waals surface area contributed by atoms with E-state index >= 15 is 0 Å². The Hall–Kier alpha value is -1.04. The number of carbonyl (C=O) groups excluding carboxylic acids is 1. The van der Waals surface area contributed by atoms with Crippen molar-refractivity contribution in [3.05, 3.63) is 27.5 Å². The minimum atomic E-state index is -2.63. The summed E-state index contributed by atoms with van der Waals surface area (Å²) in [7, 11) is 0. The van der Waals surface area contributed by atoms with Gasteiger partial charge in [0.2, 0.25) is 0 Å². The Bertz CT molecular complexity index is 424. The van der Waals surface area contributed by atoms with Gasteiger partial charge in [-0.25, -0.2) is 8.78 Å². The van der Waals surface area contributed by atoms with Crippen LogP contribution in [0.3, 0.4) is 0 Å². The topological polar surface area (TPSA) is 39.2 Å². The van der Waals surface area contributed by atoms with E-state index in [4.69, 9.17) is 4.74 Å². The van der Waals surface area contributed by atoms with Gasteiger partial charge in [0.25, 0.3) is 6.43 Å². The second kappa shape index (κ2) is 6.05. The molecule has 1 heterocycles. The Kier molecular flexibility index (Phi) is 4.99. The fourth-order valence-corrected chi connectivity index (χ4v) is 2.08. The van der Waals surface area contributed by atoms with Gasteiger partial charge < -0.3 is 4.74 Å². The third kappa shape index (κ3) is 3.46. The second-order valence-corrected chi connectivity index (χ2v) is 4.17. The van der Waals surface area contributed by atoms with Crippen LogP contribution in [0.1, 0.15) is 30.2 Å². The number of aromatic nitrogens is 1. The number of rotatable bonds is 4. The predicted octanol–water partition coefficient (Wildman–Crippen LogP) is 3.20. The van der Waals surface area contributed by atoms with Crippen LogP contribution in [0, 0.1) is 6.92 Å². The summed E-state index contributed by atoms with van der Waals surface area (Å²) in [5.74, 6) is -0.459. The van der Waals surface area contributed by atoms with Crippen molar-refractivity contribution in [3.63, 3.8) is 0 Å². The van der Waals surface area contributed by atoms with Crippen LogP contribution in [0.2, 0.25) is 0 Å². The van der Waals surface area contributed by atoms with Crippen LogP contribution in [0.5, 0.6) is 0 Å². The van der Waals surface area contributed by atoms with Crippen molar-refractivity contribution in [1.29, 1.82) is 0 Å². The molecule has 0 N–H and O–H groups in total. The van der Waals surface area contributed by atoms with Crippen LogP contribution in [0.25, 0.3) is 0 Å². The van der Waals surface area contributed by atoms with E-state index in [1.165, 1.54) is 13.1 Å². The molecule has 17 heavy (non-hydrogen) atoms. The van der Waals surface area contributed by atoms with Gasteiger partial charge in [-0.2, -0.15) is 0 Å². The van der Waals surface area contributed by atoms with Crippen LogP contribution >= 0.6 is 15.9 Å². The number of pyridine rings is 1. The lowest BCUT2D eigenvalue weighted by Crippen LogP contribution is -2.09. The van der Waals surface area contributed by atoms with Gasteiger partial charge >= 0.3 is 5.97 Å². The van der Waals surface area contributed by atoms with E-state index in [0.717, 1.165) is 0 Å². The highest BCUT2D eigenvalue weighted by atomic mass is 79.9. The first-order valence-corrected chi connectivity index (χ1v) is 5.84. The zero-order valence-electron chi connectivity index (χ0n) is 9.47. The van der Waals surface area contributed by atoms with Crippen LogP contribution in [0.4, 0.5) is 8.78 Å². The Morgan fingerprint density at radius 3 is 2.76 bits per heavy atom. The molecule has 0 amide bonds. The Morgan fingerprint density at radius 2 is 2.24 bits per heavy atom. The van der Waals surface area contributed by atoms with Crippen molar-refractivity contribution in [2.24, 2.45) is 0 Å². The zero-order chi connectivity index (χ0) is 13.0. The summed E-state index contributed by atoms with van der Waals surface area (Å²) in [5.41, 5.74) is 0.482. The molecule has 6 heteroatoms. The summed E-state index contributed by atoms with van der Waals surface area (Å²) >= 11 is 3.08. The maximum Gasteiger partial charge on any atom is 0.310 e. The van der Waals surface area contributed by atoms with Crippen molar-refractivity contribution in [2.75, 3.05) is 6.61 Å². The van der Waals surface area contributed by atoms with Gasteiger partial charge in [-0.05, 0) is 35.3 Å². The highest BCUT2D eigenvalue weighted by molar-refractivity contribution is 9.10. The van der Waals surface area contributed by atoms with E-state index in [1.54, 1.807) is 6.92 Å². The van der Waals surface area contributed by atoms with Gasteiger partial charge in [-0.1, -0.05) is 0 Å². The van der Waals surface area contributed by atoms with Gasteiger partial charge in [0.1, 0.15) is 0 Å². The molecule has 0 unspecified atom stereocenters. The molecule has 94 valence electrons. The summed E-state index contributed by atoms with van der Waals surface area (Å²) in [5, 5.41) is 0. The molecular weight excluding hydrogens is 296 g/mol. The van der Waals surface area contributed by atoms with E-state index in [2.05, 4.69) is 20.9 Å². The lowest BCUT2D eigenvalue weighted by atomic mass is 10.1. The largest absolute Gasteiger partial charge is 0.466 e. The maximum atomic E-state index is 12.8. The lowest BCUT2D eigenvalue weighted by molar-refractivity contribution is -0.142. The van der Waals surface area contributed by atoms with Gasteiger partial charge in [-0.3, -0.25) is 9.78 Å². The highest BCUT2D eigenvalue weighted by Crippen LogP contribution is 2.32. The number of ether oxygens (including phenoxy) is 1. The molecule has 3 nitrogen and oxygen atoms in total. The number of halogens is 3. The van der Waals surface area contributed by atoms with Crippen molar-refractivity contribution < 1.29 is 18.3 Å². The van der Waals surface area contributed by atoms with E-state index in [1.807, 2.05) is 0 Å². The smallest absolute Gasteiger partial charge is 0.310 e. The molecule has 0 saturated heterocycles. The highest BCUT2D eigenvalue weighted by Gasteiger charge is 2.19. The summed E-state index contributed by atoms with van der Waals surface area (Å²) in [4.78, 5) is 15.1. The number of alkyl halides is 2. The molecule has 0 radical (unpaired) electrons. The summed E-state index contributed by atoms with van der Waals surface area (Å²) in [6.45, 7) is 3.45. The summed E-state index contributed by atoms with van der Waals surface area (Å²) in [6.07, 6.45) is -1.29. The van der Waals surface area contributed by atoms with Crippen LogP contribution < -0.4 is 0 Å². The first-order valence-electron chi connectivity index (χ1n) is 5.05. The van der Waals surface area contributed by atoms with Crippen molar-refractivity contribution in [3.8, 4) is 0 Å². The lowest BCUT2D eigenvalue weighted by Gasteiger charge is -2.11. The number of carbonyl (C=O) groups is 1. The number of esters is 1. The van der Waals surface area contributed by atoms with Gasteiger partial charge in [0.05, 0.1) is 18.6 Å². The van der Waals surface area contributed by atoms with Crippen LogP contribution in [-0.4, -0.2) is 17.6 Å². The summed E-state index contributed by atoms with van der Waals surface area (Å²) < 4.78 is 30.5. The van der Waals surface area contributed by atoms with Crippen molar-refractivity contribution >= 4 is 21.9 Å². The molecule has 0 spiro atoms. The Labute approximate surface area is 106 Å². The summed E-state index contributed by atoms with van der Waals surface area (Å²) in [6, 6.07) is 0. The second-order valence-electron chi connectivity index (χ2n) is 3.38. The maximum absolute atomic E-state index is 12.8. The van der Waals surface area contributed by atoms with Crippen LogP contribution in [0.15, 0.2) is 10.7 Å². The SMILES string of the molecule is CCOC(=O)Cc1cnc(C)c(C(F)F)c1Br. The quantitative estimate of drug-likeness (QED) is 0.802. The molecular formula is C11H12BrF2NO2. The molecule has 0 aliphatic heterocycles. The monoisotopic (exact) mass is 307 g/mol. The van der Waals surface area contributed by atoms with E-state index in [9.17, 15) is 13.6 Å². The van der Waals surface area contributed by atoms with Gasteiger partial charge in [0.15, 0.2) is 0 Å². The third-order valence-electron chi connectivity index (χ3n) is 2.18. The van der Waals surface area contributed by atoms with E-state index in [-0.39, 0.29) is 28.8 Å². The zero-order valence-corrected chi connectivity index (χ0v) is 11.1. The molecule has 0 atom stereocenters. The number of hydrogen-bond acceptors (Lipinski definition) is 3. The standard InChI is InChI=1S/C11H12BrF2NO2/c1-3-17-8(16)4-7-5-15-6(2)9(10(7)12)11(13)14/h5,11H,3-4H2,1-2H3. The number of nitrogens with zero attached hydrogens (tertiary/aromatic N) is 1. The Morgan fingerprint density at radius 1 is 1.59 bits per heavy atom. The first kappa shape index (κ1) is 14.0. The average molecular weight is 308 g/mol. The van der Waals surface area contributed by atoms with E-state index in [0.29, 0.717) is 5.56 Å². The minimum Gasteiger partial charge on any atom is -0.466 e. The van der Waals surface area contributed by atoms with Crippen molar-refractivity contribution in [2.45, 2.75) is 26.7 Å². The molecule has 1 rings (SSSR count). The fourth-order valence-electron chi connectivity index (χ4n) is 1.38. The van der Waals surface area contributed by atoms with Gasteiger partial charge in [-0.15, -0.1) is 0 Å². The minimum absolute atomic E-state index is 0.0680. The molecule has 0 fully saturated rings. The normalized spacial score (nSPS) is 10.7. The van der Waals surface area contributed by atoms with Crippen LogP contribution in [-0.2, 0) is 16.0 Å². The predicted molar refractivity (Wildman–Crippen MR) is 62.0 cm³/mol. The first-order chi connectivity index (χ1) is 7.97. The molecule has 0 aliphatic carbocycles. The van der Waals surface area contributed by atoms with E-state index < -0.39 is 12.4 Å². The third-order valence-corrected chi connectivity index (χ3v) is 3.12. The average Bonchev–Trinajstić information content (AvgIpc) is 2.22.